The number of aryl methyl sites for hydroxylation is 1. The Labute approximate surface area is 132 Å². The van der Waals surface area contributed by atoms with Crippen LogP contribution < -0.4 is 5.32 Å². The second kappa shape index (κ2) is 6.94. The zero-order valence-electron chi connectivity index (χ0n) is 12.0. The summed E-state index contributed by atoms with van der Waals surface area (Å²) in [7, 11) is 0. The highest BCUT2D eigenvalue weighted by atomic mass is 79.9. The second-order valence-electron chi connectivity index (χ2n) is 5.08. The molecule has 1 aromatic rings. The molecule has 0 saturated heterocycles. The Kier molecular flexibility index (Phi) is 5.49. The molecule has 1 aliphatic heterocycles. The van der Waals surface area contributed by atoms with Crippen LogP contribution in [0.1, 0.15) is 32.3 Å². The van der Waals surface area contributed by atoms with Gasteiger partial charge in [-0.1, -0.05) is 38.5 Å². The molecule has 110 valence electrons. The molecule has 0 spiro atoms. The Balaban J connectivity index is 2.04. The van der Waals surface area contributed by atoms with Gasteiger partial charge >= 0.3 is 0 Å². The lowest BCUT2D eigenvalue weighted by Gasteiger charge is -2.18. The van der Waals surface area contributed by atoms with E-state index in [-0.39, 0.29) is 5.82 Å². The van der Waals surface area contributed by atoms with Gasteiger partial charge in [0.2, 0.25) is 0 Å². The van der Waals surface area contributed by atoms with Crippen molar-refractivity contribution < 1.29 is 4.39 Å². The van der Waals surface area contributed by atoms with Crippen LogP contribution in [0, 0.1) is 18.7 Å². The maximum absolute atomic E-state index is 13.6. The quantitative estimate of drug-likeness (QED) is 0.797. The lowest BCUT2D eigenvalue weighted by Crippen LogP contribution is -2.17. The Morgan fingerprint density at radius 1 is 1.45 bits per heavy atom. The smallest absolute Gasteiger partial charge is 0.161 e. The maximum Gasteiger partial charge on any atom is 0.161 e. The number of anilines is 1. The third-order valence-electron chi connectivity index (χ3n) is 3.76. The van der Waals surface area contributed by atoms with Crippen LogP contribution >= 0.6 is 27.7 Å². The van der Waals surface area contributed by atoms with Crippen molar-refractivity contribution in [3.63, 3.8) is 0 Å². The van der Waals surface area contributed by atoms with Crippen LogP contribution in [0.15, 0.2) is 21.6 Å². The van der Waals surface area contributed by atoms with Gasteiger partial charge in [-0.15, -0.1) is 0 Å². The summed E-state index contributed by atoms with van der Waals surface area (Å²) in [6.07, 6.45) is 2.37. The number of nitrogens with zero attached hydrogens (tertiary/aromatic N) is 1. The van der Waals surface area contributed by atoms with Gasteiger partial charge in [0, 0.05) is 10.9 Å². The average Bonchev–Trinajstić information content (AvgIpc) is 2.86. The number of amidine groups is 1. The first-order chi connectivity index (χ1) is 9.55. The first kappa shape index (κ1) is 15.8. The Hall–Kier alpha value is -0.550. The van der Waals surface area contributed by atoms with Crippen LogP contribution in [0.3, 0.4) is 0 Å². The van der Waals surface area contributed by atoms with Gasteiger partial charge in [-0.3, -0.25) is 4.99 Å². The van der Waals surface area contributed by atoms with Crippen LogP contribution in [0.25, 0.3) is 0 Å². The first-order valence-corrected chi connectivity index (χ1v) is 8.66. The molecule has 2 nitrogen and oxygen atoms in total. The summed E-state index contributed by atoms with van der Waals surface area (Å²) in [5.74, 6) is 0.448. The maximum atomic E-state index is 13.6. The highest BCUT2D eigenvalue weighted by Crippen LogP contribution is 2.32. The largest absolute Gasteiger partial charge is 0.335 e. The van der Waals surface area contributed by atoms with E-state index in [9.17, 15) is 4.39 Å². The van der Waals surface area contributed by atoms with E-state index in [4.69, 9.17) is 0 Å². The summed E-state index contributed by atoms with van der Waals surface area (Å²) < 4.78 is 14.1. The van der Waals surface area contributed by atoms with E-state index in [2.05, 4.69) is 40.1 Å². The monoisotopic (exact) mass is 358 g/mol. The molecule has 20 heavy (non-hydrogen) atoms. The normalized spacial score (nSPS) is 18.5. The minimum absolute atomic E-state index is 0.252. The summed E-state index contributed by atoms with van der Waals surface area (Å²) in [5, 5.41) is 4.72. The van der Waals surface area contributed by atoms with Crippen molar-refractivity contribution in [2.24, 2.45) is 10.9 Å². The number of aliphatic imine (C=N–C) groups is 1. The second-order valence-corrected chi connectivity index (χ2v) is 7.17. The number of nitrogens with one attached hydrogen (secondary N) is 1. The van der Waals surface area contributed by atoms with Gasteiger partial charge in [-0.2, -0.15) is 0 Å². The molecule has 1 heterocycles. The highest BCUT2D eigenvalue weighted by molar-refractivity contribution is 9.10. The van der Waals surface area contributed by atoms with Crippen LogP contribution in [-0.2, 0) is 0 Å². The van der Waals surface area contributed by atoms with Gasteiger partial charge < -0.3 is 5.32 Å². The molecule has 0 saturated carbocycles. The van der Waals surface area contributed by atoms with Crippen LogP contribution in [0.5, 0.6) is 0 Å². The fraction of sp³-hybridized carbons (Fsp3) is 0.533. The van der Waals surface area contributed by atoms with Crippen molar-refractivity contribution in [1.82, 2.24) is 0 Å². The van der Waals surface area contributed by atoms with Crippen molar-refractivity contribution in [3.8, 4) is 0 Å². The molecule has 1 unspecified atom stereocenters. The molecule has 1 N–H and O–H groups in total. The van der Waals surface area contributed by atoms with Crippen molar-refractivity contribution in [2.75, 3.05) is 11.9 Å². The number of benzene rings is 1. The van der Waals surface area contributed by atoms with Gasteiger partial charge in [0.15, 0.2) is 5.17 Å². The minimum atomic E-state index is -0.252. The SMILES string of the molecule is CCC(CC)C1CN=C(Nc2cc(F)c(Br)cc2C)S1. The predicted octanol–water partition coefficient (Wildman–Crippen LogP) is 5.22. The predicted molar refractivity (Wildman–Crippen MR) is 90.2 cm³/mol. The zero-order valence-corrected chi connectivity index (χ0v) is 14.4. The van der Waals surface area contributed by atoms with Gasteiger partial charge in [0.25, 0.3) is 0 Å². The number of thioether (sulfide) groups is 1. The van der Waals surface area contributed by atoms with E-state index in [0.29, 0.717) is 15.6 Å². The first-order valence-electron chi connectivity index (χ1n) is 6.98. The minimum Gasteiger partial charge on any atom is -0.335 e. The molecule has 2 rings (SSSR count). The molecule has 0 amide bonds. The van der Waals surface area contributed by atoms with Crippen LogP contribution in [-0.4, -0.2) is 17.0 Å². The highest BCUT2D eigenvalue weighted by Gasteiger charge is 2.26. The lowest BCUT2D eigenvalue weighted by molar-refractivity contribution is 0.479. The molecular weight excluding hydrogens is 339 g/mol. The van der Waals surface area contributed by atoms with E-state index in [1.54, 1.807) is 17.8 Å². The Morgan fingerprint density at radius 3 is 2.80 bits per heavy atom. The molecule has 0 fully saturated rings. The molecule has 5 heteroatoms. The third-order valence-corrected chi connectivity index (χ3v) is 5.66. The number of hydrogen-bond donors (Lipinski definition) is 1. The molecular formula is C15H20BrFN2S. The summed E-state index contributed by atoms with van der Waals surface area (Å²) in [5.41, 5.74) is 1.80. The molecule has 1 aliphatic rings. The lowest BCUT2D eigenvalue weighted by atomic mass is 9.99. The van der Waals surface area contributed by atoms with Crippen LogP contribution in [0.4, 0.5) is 10.1 Å². The van der Waals surface area contributed by atoms with Gasteiger partial charge in [0.05, 0.1) is 11.0 Å². The van der Waals surface area contributed by atoms with E-state index in [1.165, 1.54) is 18.9 Å². The molecule has 0 radical (unpaired) electrons. The molecule has 0 aliphatic carbocycles. The number of hydrogen-bond acceptors (Lipinski definition) is 3. The zero-order chi connectivity index (χ0) is 14.7. The van der Waals surface area contributed by atoms with Gasteiger partial charge in [-0.05, 0) is 46.5 Å². The topological polar surface area (TPSA) is 24.4 Å². The number of halogens is 2. The summed E-state index contributed by atoms with van der Waals surface area (Å²) in [4.78, 5) is 4.56. The fourth-order valence-corrected chi connectivity index (χ4v) is 4.20. The molecule has 1 aromatic carbocycles. The van der Waals surface area contributed by atoms with E-state index in [1.807, 2.05) is 6.92 Å². The summed E-state index contributed by atoms with van der Waals surface area (Å²) in [6, 6.07) is 3.31. The fourth-order valence-electron chi connectivity index (χ4n) is 2.42. The van der Waals surface area contributed by atoms with E-state index < -0.39 is 0 Å². The van der Waals surface area contributed by atoms with Gasteiger partial charge in [0.1, 0.15) is 5.82 Å². The number of rotatable bonds is 4. The third kappa shape index (κ3) is 3.55. The standard InChI is InChI=1S/C15H20BrFN2S/c1-4-10(5-2)14-8-18-15(20-14)19-13-7-12(17)11(16)6-9(13)3/h6-7,10,14H,4-5,8H2,1-3H3,(H,18,19). The molecule has 0 bridgehead atoms. The van der Waals surface area contributed by atoms with Crippen molar-refractivity contribution in [1.29, 1.82) is 0 Å². The van der Waals surface area contributed by atoms with E-state index in [0.717, 1.165) is 23.0 Å². The molecule has 1 atom stereocenters. The summed E-state index contributed by atoms with van der Waals surface area (Å²) in [6.45, 7) is 7.28. The molecule has 0 aromatic heterocycles. The Bertz CT molecular complexity index is 515. The van der Waals surface area contributed by atoms with Crippen LogP contribution in [0.2, 0.25) is 0 Å². The average molecular weight is 359 g/mol. The van der Waals surface area contributed by atoms with Crippen molar-refractivity contribution in [3.05, 3.63) is 28.0 Å². The van der Waals surface area contributed by atoms with E-state index >= 15 is 0 Å². The summed E-state index contributed by atoms with van der Waals surface area (Å²) >= 11 is 4.99. The Morgan fingerprint density at radius 2 is 2.15 bits per heavy atom. The van der Waals surface area contributed by atoms with Crippen molar-refractivity contribution in [2.45, 2.75) is 38.9 Å². The van der Waals surface area contributed by atoms with Crippen molar-refractivity contribution >= 4 is 38.5 Å². The van der Waals surface area contributed by atoms with Gasteiger partial charge in [-0.25, -0.2) is 4.39 Å².